The third kappa shape index (κ3) is 3.87. The van der Waals surface area contributed by atoms with Gasteiger partial charge in [0.15, 0.2) is 5.13 Å². The highest BCUT2D eigenvalue weighted by Crippen LogP contribution is 2.33. The number of nitrogens with zero attached hydrogens (tertiary/aromatic N) is 3. The third-order valence-electron chi connectivity index (χ3n) is 6.00. The lowest BCUT2D eigenvalue weighted by Gasteiger charge is -2.19. The molecule has 0 aliphatic rings. The summed E-state index contributed by atoms with van der Waals surface area (Å²) in [7, 11) is 1.59. The lowest BCUT2D eigenvalue weighted by atomic mass is 10.0. The van der Waals surface area contributed by atoms with E-state index in [1.807, 2.05) is 54.6 Å². The first-order chi connectivity index (χ1) is 17.6. The van der Waals surface area contributed by atoms with Crippen LogP contribution in [0.1, 0.15) is 15.9 Å². The zero-order chi connectivity index (χ0) is 24.6. The first-order valence-electron chi connectivity index (χ1n) is 11.2. The van der Waals surface area contributed by atoms with Crippen LogP contribution >= 0.6 is 11.3 Å². The van der Waals surface area contributed by atoms with Crippen LogP contribution in [0.15, 0.2) is 94.4 Å². The van der Waals surface area contributed by atoms with Crippen LogP contribution < -0.4 is 15.3 Å². The number of benzene rings is 3. The molecule has 0 atom stereocenters. The Hall–Kier alpha value is -4.56. The number of thiazole rings is 1. The highest BCUT2D eigenvalue weighted by atomic mass is 32.1. The summed E-state index contributed by atoms with van der Waals surface area (Å²) in [6.45, 7) is 0.191. The lowest BCUT2D eigenvalue weighted by molar-refractivity contribution is 0.0981. The highest BCUT2D eigenvalue weighted by molar-refractivity contribution is 7.22. The molecule has 0 saturated carbocycles. The van der Waals surface area contributed by atoms with Crippen LogP contribution in [0.2, 0.25) is 0 Å². The second kappa shape index (κ2) is 8.90. The van der Waals surface area contributed by atoms with E-state index < -0.39 is 11.5 Å². The van der Waals surface area contributed by atoms with E-state index in [1.165, 1.54) is 16.2 Å². The number of hydrogen-bond donors (Lipinski definition) is 0. The number of carbonyl (C=O) groups excluding carboxylic acids is 1. The number of aromatic nitrogens is 2. The summed E-state index contributed by atoms with van der Waals surface area (Å²) in [5.41, 5.74) is 1.19. The van der Waals surface area contributed by atoms with Gasteiger partial charge >= 0.3 is 5.63 Å². The van der Waals surface area contributed by atoms with Gasteiger partial charge in [0.25, 0.3) is 5.91 Å². The number of methoxy groups -OCH3 is 1. The minimum absolute atomic E-state index is 0.0559. The van der Waals surface area contributed by atoms with Crippen molar-refractivity contribution in [2.45, 2.75) is 6.54 Å². The molecular formula is C28H19N3O4S. The molecule has 7 nitrogen and oxygen atoms in total. The molecule has 0 saturated heterocycles. The Morgan fingerprint density at radius 2 is 1.92 bits per heavy atom. The van der Waals surface area contributed by atoms with Crippen LogP contribution in [0.3, 0.4) is 0 Å². The fraction of sp³-hybridized carbons (Fsp3) is 0.0714. The van der Waals surface area contributed by atoms with Crippen molar-refractivity contribution in [2.24, 2.45) is 0 Å². The molecule has 3 aromatic carbocycles. The predicted molar refractivity (Wildman–Crippen MR) is 141 cm³/mol. The monoisotopic (exact) mass is 493 g/mol. The Labute approximate surface area is 209 Å². The largest absolute Gasteiger partial charge is 0.497 e. The summed E-state index contributed by atoms with van der Waals surface area (Å²) in [4.78, 5) is 37.3. The molecule has 176 valence electrons. The fourth-order valence-electron chi connectivity index (χ4n) is 4.20. The smallest absolute Gasteiger partial charge is 0.349 e. The molecule has 0 radical (unpaired) electrons. The van der Waals surface area contributed by atoms with Gasteiger partial charge in [-0.15, -0.1) is 0 Å². The molecule has 0 unspecified atom stereocenters. The molecule has 8 heteroatoms. The summed E-state index contributed by atoms with van der Waals surface area (Å²) >= 11 is 1.36. The van der Waals surface area contributed by atoms with Crippen LogP contribution in [-0.4, -0.2) is 23.0 Å². The van der Waals surface area contributed by atoms with Gasteiger partial charge in [0, 0.05) is 23.8 Å². The van der Waals surface area contributed by atoms with Crippen molar-refractivity contribution < 1.29 is 13.9 Å². The predicted octanol–water partition coefficient (Wildman–Crippen LogP) is 5.81. The molecule has 36 heavy (non-hydrogen) atoms. The Balaban J connectivity index is 1.51. The van der Waals surface area contributed by atoms with Crippen molar-refractivity contribution in [3.8, 4) is 5.75 Å². The molecule has 6 rings (SSSR count). The Kier molecular flexibility index (Phi) is 5.42. The normalized spacial score (nSPS) is 11.2. The van der Waals surface area contributed by atoms with Gasteiger partial charge in [-0.05, 0) is 46.7 Å². The number of anilines is 1. The molecule has 6 aromatic rings. The SMILES string of the molecule is COc1ccc2sc(N(Cc3cccnc3)C(=O)c3cc4c(ccc5ccccc54)oc3=O)nc2c1. The van der Waals surface area contributed by atoms with E-state index in [9.17, 15) is 9.59 Å². The summed E-state index contributed by atoms with van der Waals surface area (Å²) in [6, 6.07) is 22.3. The number of hydrogen-bond acceptors (Lipinski definition) is 7. The van der Waals surface area contributed by atoms with Crippen LogP contribution in [0.4, 0.5) is 5.13 Å². The van der Waals surface area contributed by atoms with Gasteiger partial charge in [-0.25, -0.2) is 9.78 Å². The Bertz CT molecular complexity index is 1810. The van der Waals surface area contributed by atoms with E-state index in [2.05, 4.69) is 4.98 Å². The van der Waals surface area contributed by atoms with Gasteiger partial charge in [0.1, 0.15) is 16.9 Å². The van der Waals surface area contributed by atoms with Crippen LogP contribution in [0.5, 0.6) is 5.75 Å². The van der Waals surface area contributed by atoms with E-state index in [1.54, 1.807) is 37.7 Å². The van der Waals surface area contributed by atoms with E-state index in [4.69, 9.17) is 14.1 Å². The van der Waals surface area contributed by atoms with Crippen LogP contribution in [0, 0.1) is 0 Å². The zero-order valence-electron chi connectivity index (χ0n) is 19.2. The summed E-state index contributed by atoms with van der Waals surface area (Å²) in [6.07, 6.45) is 3.36. The van der Waals surface area contributed by atoms with Gasteiger partial charge in [0.2, 0.25) is 0 Å². The lowest BCUT2D eigenvalue weighted by Crippen LogP contribution is -2.33. The minimum Gasteiger partial charge on any atom is -0.497 e. The average molecular weight is 494 g/mol. The van der Waals surface area contributed by atoms with E-state index >= 15 is 0 Å². The van der Waals surface area contributed by atoms with Crippen molar-refractivity contribution >= 4 is 54.3 Å². The van der Waals surface area contributed by atoms with Crippen molar-refractivity contribution in [3.63, 3.8) is 0 Å². The van der Waals surface area contributed by atoms with Crippen molar-refractivity contribution in [1.29, 1.82) is 0 Å². The molecule has 0 N–H and O–H groups in total. The quantitative estimate of drug-likeness (QED) is 0.223. The number of pyridine rings is 1. The van der Waals surface area contributed by atoms with Gasteiger partial charge < -0.3 is 9.15 Å². The van der Waals surface area contributed by atoms with Crippen molar-refractivity contribution in [3.05, 3.63) is 107 Å². The summed E-state index contributed by atoms with van der Waals surface area (Å²) in [5.74, 6) is 0.181. The first-order valence-corrected chi connectivity index (χ1v) is 12.0. The topological polar surface area (TPSA) is 85.5 Å². The molecule has 3 aromatic heterocycles. The maximum Gasteiger partial charge on any atom is 0.349 e. The second-order valence-electron chi connectivity index (χ2n) is 8.23. The van der Waals surface area contributed by atoms with E-state index in [0.717, 1.165) is 21.0 Å². The summed E-state index contributed by atoms with van der Waals surface area (Å²) in [5, 5.41) is 3.05. The number of ether oxygens (including phenoxy) is 1. The minimum atomic E-state index is -0.693. The van der Waals surface area contributed by atoms with Gasteiger partial charge in [0.05, 0.1) is 23.9 Å². The van der Waals surface area contributed by atoms with Gasteiger partial charge in [-0.3, -0.25) is 14.7 Å². The number of rotatable bonds is 5. The Morgan fingerprint density at radius 3 is 2.75 bits per heavy atom. The maximum atomic E-state index is 13.9. The second-order valence-corrected chi connectivity index (χ2v) is 9.24. The number of amides is 1. The number of carbonyl (C=O) groups is 1. The van der Waals surface area contributed by atoms with Gasteiger partial charge in [-0.1, -0.05) is 47.7 Å². The van der Waals surface area contributed by atoms with E-state index in [0.29, 0.717) is 27.4 Å². The molecule has 0 fully saturated rings. The standard InChI is InChI=1S/C28H19N3O4S/c1-34-19-9-11-25-23(13-19)30-28(36-25)31(16-17-5-4-12-29-15-17)26(32)22-14-21-20-7-3-2-6-18(20)8-10-24(21)35-27(22)33/h2-15H,16H2,1H3. The molecule has 0 spiro atoms. The molecule has 0 aliphatic carbocycles. The summed E-state index contributed by atoms with van der Waals surface area (Å²) < 4.78 is 11.8. The fourth-order valence-corrected chi connectivity index (χ4v) is 5.15. The zero-order valence-corrected chi connectivity index (χ0v) is 20.0. The van der Waals surface area contributed by atoms with Crippen molar-refractivity contribution in [1.82, 2.24) is 9.97 Å². The van der Waals surface area contributed by atoms with Crippen LogP contribution in [-0.2, 0) is 6.54 Å². The third-order valence-corrected chi connectivity index (χ3v) is 7.05. The molecule has 3 heterocycles. The molecule has 0 aliphatic heterocycles. The highest BCUT2D eigenvalue weighted by Gasteiger charge is 2.26. The average Bonchev–Trinajstić information content (AvgIpc) is 3.34. The molecule has 0 bridgehead atoms. The van der Waals surface area contributed by atoms with Crippen LogP contribution in [0.25, 0.3) is 32.0 Å². The first kappa shape index (κ1) is 21.9. The van der Waals surface area contributed by atoms with E-state index in [-0.39, 0.29) is 12.1 Å². The molecular weight excluding hydrogens is 474 g/mol. The Morgan fingerprint density at radius 1 is 1.03 bits per heavy atom. The number of fused-ring (bicyclic) bond motifs is 4. The molecule has 1 amide bonds. The van der Waals surface area contributed by atoms with Gasteiger partial charge in [-0.2, -0.15) is 0 Å². The van der Waals surface area contributed by atoms with Crippen molar-refractivity contribution in [2.75, 3.05) is 12.0 Å². The maximum absolute atomic E-state index is 13.9.